The molecule has 0 aliphatic heterocycles. The van der Waals surface area contributed by atoms with Gasteiger partial charge in [-0.3, -0.25) is 4.79 Å². The number of rotatable bonds is 7. The van der Waals surface area contributed by atoms with Gasteiger partial charge >= 0.3 is 5.97 Å². The first-order valence-electron chi connectivity index (χ1n) is 8.68. The first-order chi connectivity index (χ1) is 12.5. The van der Waals surface area contributed by atoms with E-state index < -0.39 is 11.9 Å². The third-order valence-electron chi connectivity index (χ3n) is 3.82. The maximum Gasteiger partial charge on any atom is 0.340 e. The molecule has 1 N–H and O–H groups in total. The van der Waals surface area contributed by atoms with Gasteiger partial charge in [-0.15, -0.1) is 0 Å². The van der Waals surface area contributed by atoms with Crippen LogP contribution >= 0.6 is 0 Å². The molecule has 0 atom stereocenters. The summed E-state index contributed by atoms with van der Waals surface area (Å²) in [6, 6.07) is 8.38. The summed E-state index contributed by atoms with van der Waals surface area (Å²) in [5.74, 6) is 0.330. The Balaban J connectivity index is 2.30. The molecule has 0 aliphatic carbocycles. The summed E-state index contributed by atoms with van der Waals surface area (Å²) >= 11 is 0. The van der Waals surface area contributed by atoms with E-state index in [0.29, 0.717) is 22.9 Å². The molecule has 1 amide bonds. The molecule has 1 heterocycles. The molecule has 138 valence electrons. The molecule has 0 bridgehead atoms. The zero-order valence-electron chi connectivity index (χ0n) is 15.6. The summed E-state index contributed by atoms with van der Waals surface area (Å²) in [7, 11) is 0. The van der Waals surface area contributed by atoms with Gasteiger partial charge in [-0.05, 0) is 39.8 Å². The van der Waals surface area contributed by atoms with Crippen LogP contribution in [0.3, 0.4) is 0 Å². The Bertz CT molecular complexity index is 788. The number of nitrogens with zero attached hydrogens (tertiary/aromatic N) is 3. The number of aromatic nitrogens is 2. The Morgan fingerprint density at radius 2 is 1.81 bits per heavy atom. The smallest absolute Gasteiger partial charge is 0.340 e. The van der Waals surface area contributed by atoms with Crippen LogP contribution in [0.1, 0.15) is 47.4 Å². The monoisotopic (exact) mass is 356 g/mol. The summed E-state index contributed by atoms with van der Waals surface area (Å²) in [5, 5.41) is 2.75. The van der Waals surface area contributed by atoms with Crippen molar-refractivity contribution in [2.45, 2.75) is 27.7 Å². The van der Waals surface area contributed by atoms with Crippen molar-refractivity contribution in [1.29, 1.82) is 0 Å². The van der Waals surface area contributed by atoms with E-state index in [2.05, 4.69) is 15.3 Å². The van der Waals surface area contributed by atoms with Crippen molar-refractivity contribution in [2.24, 2.45) is 0 Å². The van der Waals surface area contributed by atoms with Gasteiger partial charge in [0.1, 0.15) is 17.3 Å². The normalized spacial score (nSPS) is 10.3. The zero-order valence-corrected chi connectivity index (χ0v) is 15.6. The van der Waals surface area contributed by atoms with Gasteiger partial charge in [0.25, 0.3) is 5.91 Å². The lowest BCUT2D eigenvalue weighted by Gasteiger charge is -2.20. The SMILES string of the molecule is CCOC(=O)c1ccccc1NC(=O)c1cc(N(CC)CC)nc(C)n1. The van der Waals surface area contributed by atoms with E-state index in [1.165, 1.54) is 0 Å². The van der Waals surface area contributed by atoms with Crippen LogP contribution in [0.2, 0.25) is 0 Å². The predicted octanol–water partition coefficient (Wildman–Crippen LogP) is 3.06. The van der Waals surface area contributed by atoms with E-state index in [1.807, 2.05) is 18.7 Å². The molecule has 0 aliphatic rings. The van der Waals surface area contributed by atoms with E-state index in [9.17, 15) is 9.59 Å². The van der Waals surface area contributed by atoms with Crippen LogP contribution in [0.4, 0.5) is 11.5 Å². The predicted molar refractivity (Wildman–Crippen MR) is 101 cm³/mol. The number of ether oxygens (including phenoxy) is 1. The van der Waals surface area contributed by atoms with Crippen molar-refractivity contribution in [3.05, 3.63) is 47.4 Å². The fourth-order valence-corrected chi connectivity index (χ4v) is 2.54. The van der Waals surface area contributed by atoms with Crippen molar-refractivity contribution in [2.75, 3.05) is 29.9 Å². The van der Waals surface area contributed by atoms with E-state index in [-0.39, 0.29) is 12.3 Å². The van der Waals surface area contributed by atoms with E-state index >= 15 is 0 Å². The number of carbonyl (C=O) groups excluding carboxylic acids is 2. The molecule has 0 spiro atoms. The van der Waals surface area contributed by atoms with Crippen molar-refractivity contribution in [3.8, 4) is 0 Å². The van der Waals surface area contributed by atoms with E-state index in [1.54, 1.807) is 44.2 Å². The molecule has 2 rings (SSSR count). The molecular formula is C19H24N4O3. The Kier molecular flexibility index (Phi) is 6.66. The molecule has 0 unspecified atom stereocenters. The van der Waals surface area contributed by atoms with Crippen LogP contribution < -0.4 is 10.2 Å². The second-order valence-electron chi connectivity index (χ2n) is 5.55. The maximum atomic E-state index is 12.7. The molecule has 1 aromatic heterocycles. The van der Waals surface area contributed by atoms with Gasteiger partial charge in [0, 0.05) is 19.2 Å². The van der Waals surface area contributed by atoms with Gasteiger partial charge in [0.2, 0.25) is 0 Å². The number of para-hydroxylation sites is 1. The highest BCUT2D eigenvalue weighted by Gasteiger charge is 2.17. The fourth-order valence-electron chi connectivity index (χ4n) is 2.54. The number of aryl methyl sites for hydroxylation is 1. The van der Waals surface area contributed by atoms with Crippen molar-refractivity contribution in [1.82, 2.24) is 9.97 Å². The third kappa shape index (κ3) is 4.56. The van der Waals surface area contributed by atoms with Crippen LogP contribution in [0.25, 0.3) is 0 Å². The molecule has 2 aromatic rings. The second kappa shape index (κ2) is 8.94. The van der Waals surface area contributed by atoms with Gasteiger partial charge in [-0.25, -0.2) is 14.8 Å². The summed E-state index contributed by atoms with van der Waals surface area (Å²) < 4.78 is 5.03. The van der Waals surface area contributed by atoms with Crippen molar-refractivity contribution in [3.63, 3.8) is 0 Å². The second-order valence-corrected chi connectivity index (χ2v) is 5.55. The van der Waals surface area contributed by atoms with Gasteiger partial charge in [-0.1, -0.05) is 12.1 Å². The number of anilines is 2. The quantitative estimate of drug-likeness (QED) is 0.768. The number of amides is 1. The largest absolute Gasteiger partial charge is 0.462 e. The first-order valence-corrected chi connectivity index (χ1v) is 8.68. The number of benzene rings is 1. The molecule has 26 heavy (non-hydrogen) atoms. The summed E-state index contributed by atoms with van der Waals surface area (Å²) in [6.45, 7) is 9.35. The number of nitrogens with one attached hydrogen (secondary N) is 1. The first kappa shape index (κ1) is 19.4. The minimum Gasteiger partial charge on any atom is -0.462 e. The number of esters is 1. The molecule has 1 aromatic carbocycles. The summed E-state index contributed by atoms with van der Waals surface area (Å²) in [5.41, 5.74) is 0.937. The summed E-state index contributed by atoms with van der Waals surface area (Å²) in [6.07, 6.45) is 0. The van der Waals surface area contributed by atoms with E-state index in [0.717, 1.165) is 13.1 Å². The van der Waals surface area contributed by atoms with Crippen molar-refractivity contribution >= 4 is 23.4 Å². The number of hydrogen-bond donors (Lipinski definition) is 1. The maximum absolute atomic E-state index is 12.7. The van der Waals surface area contributed by atoms with Gasteiger partial charge in [-0.2, -0.15) is 0 Å². The van der Waals surface area contributed by atoms with Crippen LogP contribution in [-0.4, -0.2) is 41.5 Å². The summed E-state index contributed by atoms with van der Waals surface area (Å²) in [4.78, 5) is 35.4. The zero-order chi connectivity index (χ0) is 19.1. The van der Waals surface area contributed by atoms with Crippen molar-refractivity contribution < 1.29 is 14.3 Å². The minimum atomic E-state index is -0.480. The lowest BCUT2D eigenvalue weighted by atomic mass is 10.1. The molecule has 0 radical (unpaired) electrons. The van der Waals surface area contributed by atoms with Gasteiger partial charge in [0.15, 0.2) is 0 Å². The Hall–Kier alpha value is -2.96. The third-order valence-corrected chi connectivity index (χ3v) is 3.82. The average Bonchev–Trinajstić information content (AvgIpc) is 2.63. The van der Waals surface area contributed by atoms with Crippen LogP contribution in [-0.2, 0) is 4.74 Å². The number of carbonyl (C=O) groups is 2. The van der Waals surface area contributed by atoms with Gasteiger partial charge < -0.3 is 15.0 Å². The molecular weight excluding hydrogens is 332 g/mol. The highest BCUT2D eigenvalue weighted by atomic mass is 16.5. The highest BCUT2D eigenvalue weighted by Crippen LogP contribution is 2.18. The standard InChI is InChI=1S/C19H24N4O3/c1-5-23(6-2)17-12-16(20-13(4)21-17)18(24)22-15-11-9-8-10-14(15)19(25)26-7-3/h8-12H,5-7H2,1-4H3,(H,22,24). The molecule has 0 saturated heterocycles. The topological polar surface area (TPSA) is 84.4 Å². The Labute approximate surface area is 153 Å². The fraction of sp³-hybridized carbons (Fsp3) is 0.368. The minimum absolute atomic E-state index is 0.248. The molecule has 7 heteroatoms. The Morgan fingerprint density at radius 1 is 1.12 bits per heavy atom. The van der Waals surface area contributed by atoms with Crippen LogP contribution in [0.5, 0.6) is 0 Å². The Morgan fingerprint density at radius 3 is 2.46 bits per heavy atom. The van der Waals surface area contributed by atoms with Crippen LogP contribution in [0, 0.1) is 6.92 Å². The lowest BCUT2D eigenvalue weighted by Crippen LogP contribution is -2.25. The average molecular weight is 356 g/mol. The molecule has 0 fully saturated rings. The number of hydrogen-bond acceptors (Lipinski definition) is 6. The lowest BCUT2D eigenvalue weighted by molar-refractivity contribution is 0.0527. The molecule has 0 saturated carbocycles. The van der Waals surface area contributed by atoms with E-state index in [4.69, 9.17) is 4.74 Å². The van der Waals surface area contributed by atoms with Gasteiger partial charge in [0.05, 0.1) is 17.9 Å². The highest BCUT2D eigenvalue weighted by molar-refractivity contribution is 6.07. The van der Waals surface area contributed by atoms with Crippen LogP contribution in [0.15, 0.2) is 30.3 Å². The molecule has 7 nitrogen and oxygen atoms in total.